The maximum atomic E-state index is 3.42. The number of halogens is 1. The number of piperidine rings is 1. The second-order valence-electron chi connectivity index (χ2n) is 4.29. The molecule has 1 atom stereocenters. The van der Waals surface area contributed by atoms with E-state index in [4.69, 9.17) is 0 Å². The van der Waals surface area contributed by atoms with Crippen LogP contribution < -0.4 is 5.32 Å². The molecule has 1 unspecified atom stereocenters. The average Bonchev–Trinajstić information content (AvgIpc) is 2.30. The summed E-state index contributed by atoms with van der Waals surface area (Å²) in [5.74, 6) is 1.59. The summed E-state index contributed by atoms with van der Waals surface area (Å²) in [6.45, 7) is 4.76. The Labute approximate surface area is 103 Å². The van der Waals surface area contributed by atoms with E-state index in [2.05, 4.69) is 42.6 Å². The van der Waals surface area contributed by atoms with Gasteiger partial charge < -0.3 is 5.32 Å². The molecule has 0 radical (unpaired) electrons. The van der Waals surface area contributed by atoms with Crippen LogP contribution in [0.1, 0.15) is 31.2 Å². The van der Waals surface area contributed by atoms with E-state index >= 15 is 0 Å². The lowest BCUT2D eigenvalue weighted by atomic mass is 9.82. The van der Waals surface area contributed by atoms with Crippen molar-refractivity contribution in [3.05, 3.63) is 35.9 Å². The minimum absolute atomic E-state index is 0. The van der Waals surface area contributed by atoms with Gasteiger partial charge in [0.2, 0.25) is 0 Å². The molecule has 1 aromatic rings. The summed E-state index contributed by atoms with van der Waals surface area (Å²) in [4.78, 5) is 0. The first kappa shape index (κ1) is 12.7. The van der Waals surface area contributed by atoms with Crippen molar-refractivity contribution in [1.82, 2.24) is 5.32 Å². The van der Waals surface area contributed by atoms with E-state index in [1.54, 1.807) is 0 Å². The Balaban J connectivity index is 0.00000112. The Bertz CT molecular complexity index is 267. The van der Waals surface area contributed by atoms with Crippen molar-refractivity contribution in [1.29, 1.82) is 0 Å². The van der Waals surface area contributed by atoms with Gasteiger partial charge in [0, 0.05) is 0 Å². The highest BCUT2D eigenvalue weighted by Crippen LogP contribution is 2.29. The zero-order valence-corrected chi connectivity index (χ0v) is 11.0. The Hall–Kier alpha value is -0.340. The Morgan fingerprint density at radius 1 is 1.13 bits per heavy atom. The molecule has 1 nitrogen and oxygen atoms in total. The first-order chi connectivity index (χ1) is 6.88. The second-order valence-corrected chi connectivity index (χ2v) is 4.29. The van der Waals surface area contributed by atoms with Gasteiger partial charge in [-0.15, -0.1) is 17.0 Å². The predicted molar refractivity (Wildman–Crippen MR) is 70.8 cm³/mol. The van der Waals surface area contributed by atoms with Gasteiger partial charge in [-0.3, -0.25) is 0 Å². The van der Waals surface area contributed by atoms with Gasteiger partial charge in [-0.05, 0) is 43.3 Å². The first-order valence-electron chi connectivity index (χ1n) is 5.63. The molecule has 1 aliphatic rings. The molecule has 1 aromatic carbocycles. The fourth-order valence-corrected chi connectivity index (χ4v) is 2.37. The summed E-state index contributed by atoms with van der Waals surface area (Å²) < 4.78 is 0. The molecule has 15 heavy (non-hydrogen) atoms. The summed E-state index contributed by atoms with van der Waals surface area (Å²) in [6, 6.07) is 10.9. The van der Waals surface area contributed by atoms with Crippen molar-refractivity contribution in [2.75, 3.05) is 13.1 Å². The summed E-state index contributed by atoms with van der Waals surface area (Å²) in [5.41, 5.74) is 1.50. The van der Waals surface area contributed by atoms with Gasteiger partial charge in [0.15, 0.2) is 0 Å². The van der Waals surface area contributed by atoms with Crippen LogP contribution in [0.2, 0.25) is 0 Å². The molecule has 0 bridgehead atoms. The third-order valence-corrected chi connectivity index (χ3v) is 3.42. The van der Waals surface area contributed by atoms with Crippen molar-refractivity contribution >= 4 is 17.0 Å². The number of rotatable bonds is 2. The van der Waals surface area contributed by atoms with Gasteiger partial charge >= 0.3 is 0 Å². The van der Waals surface area contributed by atoms with Gasteiger partial charge in [0.1, 0.15) is 0 Å². The lowest BCUT2D eigenvalue weighted by molar-refractivity contribution is 0.330. The maximum Gasteiger partial charge on any atom is -0.00461 e. The van der Waals surface area contributed by atoms with Crippen molar-refractivity contribution < 1.29 is 0 Å². The lowest BCUT2D eigenvalue weighted by Gasteiger charge is -2.28. The Morgan fingerprint density at radius 3 is 2.33 bits per heavy atom. The van der Waals surface area contributed by atoms with Crippen molar-refractivity contribution in [3.63, 3.8) is 0 Å². The van der Waals surface area contributed by atoms with E-state index in [9.17, 15) is 0 Å². The molecule has 0 spiro atoms. The fourth-order valence-electron chi connectivity index (χ4n) is 2.37. The third-order valence-electron chi connectivity index (χ3n) is 3.42. The fraction of sp³-hybridized carbons (Fsp3) is 0.538. The first-order valence-corrected chi connectivity index (χ1v) is 5.63. The van der Waals surface area contributed by atoms with Crippen LogP contribution >= 0.6 is 17.0 Å². The average molecular weight is 270 g/mol. The van der Waals surface area contributed by atoms with Crippen LogP contribution in [-0.4, -0.2) is 13.1 Å². The van der Waals surface area contributed by atoms with Crippen LogP contribution in [0.3, 0.4) is 0 Å². The third kappa shape index (κ3) is 3.32. The van der Waals surface area contributed by atoms with Crippen molar-refractivity contribution in [2.24, 2.45) is 5.92 Å². The van der Waals surface area contributed by atoms with E-state index in [0.29, 0.717) is 0 Å². The van der Waals surface area contributed by atoms with E-state index in [-0.39, 0.29) is 17.0 Å². The minimum Gasteiger partial charge on any atom is -0.317 e. The monoisotopic (exact) mass is 269 g/mol. The van der Waals surface area contributed by atoms with Crippen LogP contribution in [0.15, 0.2) is 30.3 Å². The maximum absolute atomic E-state index is 3.42. The molecule has 1 N–H and O–H groups in total. The van der Waals surface area contributed by atoms with Crippen LogP contribution in [0, 0.1) is 5.92 Å². The molecular formula is C13H20BrN. The summed E-state index contributed by atoms with van der Waals surface area (Å²) in [5, 5.41) is 3.42. The molecule has 2 rings (SSSR count). The molecule has 1 saturated heterocycles. The molecule has 1 heterocycles. The number of nitrogens with one attached hydrogen (secondary N) is 1. The van der Waals surface area contributed by atoms with Crippen LogP contribution in [0.5, 0.6) is 0 Å². The minimum atomic E-state index is 0. The lowest BCUT2D eigenvalue weighted by Crippen LogP contribution is -2.30. The highest BCUT2D eigenvalue weighted by molar-refractivity contribution is 8.93. The molecular weight excluding hydrogens is 250 g/mol. The van der Waals surface area contributed by atoms with E-state index < -0.39 is 0 Å². The second kappa shape index (κ2) is 6.29. The standard InChI is InChI=1S/C13H19N.BrH/c1-11(12-5-3-2-4-6-12)13-7-9-14-10-8-13;/h2-6,11,13-14H,7-10H2,1H3;1H. The van der Waals surface area contributed by atoms with Gasteiger partial charge in [0.05, 0.1) is 0 Å². The number of hydrogen-bond donors (Lipinski definition) is 1. The Morgan fingerprint density at radius 2 is 1.73 bits per heavy atom. The summed E-state index contributed by atoms with van der Waals surface area (Å²) in [6.07, 6.45) is 2.66. The van der Waals surface area contributed by atoms with Crippen LogP contribution in [0.4, 0.5) is 0 Å². The van der Waals surface area contributed by atoms with Crippen LogP contribution in [-0.2, 0) is 0 Å². The van der Waals surface area contributed by atoms with E-state index in [1.165, 1.54) is 31.5 Å². The molecule has 1 aliphatic heterocycles. The highest BCUT2D eigenvalue weighted by Gasteiger charge is 2.20. The zero-order chi connectivity index (χ0) is 9.80. The molecule has 0 aromatic heterocycles. The molecule has 1 fully saturated rings. The predicted octanol–water partition coefficient (Wildman–Crippen LogP) is 3.37. The quantitative estimate of drug-likeness (QED) is 0.868. The normalized spacial score (nSPS) is 19.3. The van der Waals surface area contributed by atoms with Gasteiger partial charge in [-0.1, -0.05) is 37.3 Å². The topological polar surface area (TPSA) is 12.0 Å². The highest BCUT2D eigenvalue weighted by atomic mass is 79.9. The van der Waals surface area contributed by atoms with Gasteiger partial charge in [-0.2, -0.15) is 0 Å². The number of benzene rings is 1. The van der Waals surface area contributed by atoms with Gasteiger partial charge in [-0.25, -0.2) is 0 Å². The van der Waals surface area contributed by atoms with Crippen molar-refractivity contribution in [2.45, 2.75) is 25.7 Å². The Kier molecular flexibility index (Phi) is 5.34. The molecule has 0 aliphatic carbocycles. The zero-order valence-electron chi connectivity index (χ0n) is 9.28. The van der Waals surface area contributed by atoms with E-state index in [1.807, 2.05) is 0 Å². The van der Waals surface area contributed by atoms with Crippen LogP contribution in [0.25, 0.3) is 0 Å². The molecule has 84 valence electrons. The summed E-state index contributed by atoms with van der Waals surface area (Å²) in [7, 11) is 0. The van der Waals surface area contributed by atoms with Crippen molar-refractivity contribution in [3.8, 4) is 0 Å². The molecule has 0 saturated carbocycles. The van der Waals surface area contributed by atoms with Gasteiger partial charge in [0.25, 0.3) is 0 Å². The SMILES string of the molecule is Br.CC(c1ccccc1)C1CCNCC1. The smallest absolute Gasteiger partial charge is 0.00461 e. The largest absolute Gasteiger partial charge is 0.317 e. The molecule has 2 heteroatoms. The summed E-state index contributed by atoms with van der Waals surface area (Å²) >= 11 is 0. The molecule has 0 amide bonds. The van der Waals surface area contributed by atoms with E-state index in [0.717, 1.165) is 11.8 Å². The number of hydrogen-bond acceptors (Lipinski definition) is 1.